The Hall–Kier alpha value is -3.22. The minimum atomic E-state index is -0.230. The van der Waals surface area contributed by atoms with Crippen LogP contribution in [0.3, 0.4) is 0 Å². The van der Waals surface area contributed by atoms with Gasteiger partial charge >= 0.3 is 0 Å². The maximum atomic E-state index is 13.8. The van der Waals surface area contributed by atoms with Crippen molar-refractivity contribution in [1.82, 2.24) is 15.2 Å². The number of pyridine rings is 1. The Morgan fingerprint density at radius 3 is 3.07 bits per heavy atom. The first-order chi connectivity index (χ1) is 13.6. The Labute approximate surface area is 161 Å². The van der Waals surface area contributed by atoms with Crippen LogP contribution in [0.5, 0.6) is 5.88 Å². The van der Waals surface area contributed by atoms with Crippen molar-refractivity contribution in [1.29, 1.82) is 0 Å². The average molecular weight is 378 g/mol. The van der Waals surface area contributed by atoms with Gasteiger partial charge in [0.25, 0.3) is 0 Å². The third-order valence-corrected chi connectivity index (χ3v) is 5.65. The average Bonchev–Trinajstić information content (AvgIpc) is 3.32. The lowest BCUT2D eigenvalue weighted by atomic mass is 9.95. The van der Waals surface area contributed by atoms with Crippen LogP contribution < -0.4 is 9.64 Å². The molecule has 5 rings (SSSR count). The third-order valence-electron chi connectivity index (χ3n) is 5.65. The van der Waals surface area contributed by atoms with Gasteiger partial charge in [-0.05, 0) is 49.1 Å². The van der Waals surface area contributed by atoms with E-state index in [4.69, 9.17) is 4.74 Å². The molecule has 142 valence electrons. The number of nitrogens with one attached hydrogen (secondary N) is 1. The molecule has 1 N–H and O–H groups in total. The topological polar surface area (TPSA) is 71.1 Å². The summed E-state index contributed by atoms with van der Waals surface area (Å²) in [6.45, 7) is 2.74. The summed E-state index contributed by atoms with van der Waals surface area (Å²) in [6, 6.07) is 8.80. The van der Waals surface area contributed by atoms with Crippen LogP contribution in [-0.2, 0) is 17.8 Å². The SMILES string of the molecule is Cc1c(F)cccc1CC1CCN(c2ccc3c(n2)OCc2[nH]ncc2-3)C1=O. The van der Waals surface area contributed by atoms with Gasteiger partial charge in [0.2, 0.25) is 11.8 Å². The maximum absolute atomic E-state index is 13.8. The molecule has 1 aromatic carbocycles. The third kappa shape index (κ3) is 2.66. The van der Waals surface area contributed by atoms with Crippen molar-refractivity contribution >= 4 is 11.7 Å². The van der Waals surface area contributed by atoms with E-state index in [2.05, 4.69) is 15.2 Å². The molecular formula is C21H19FN4O2. The van der Waals surface area contributed by atoms with Crippen LogP contribution in [0.25, 0.3) is 11.1 Å². The molecule has 0 saturated carbocycles. The highest BCUT2D eigenvalue weighted by atomic mass is 19.1. The lowest BCUT2D eigenvalue weighted by Crippen LogP contribution is -2.28. The molecule has 2 aliphatic heterocycles. The zero-order valence-corrected chi connectivity index (χ0v) is 15.4. The Morgan fingerprint density at radius 1 is 1.29 bits per heavy atom. The highest BCUT2D eigenvalue weighted by molar-refractivity contribution is 5.96. The molecule has 28 heavy (non-hydrogen) atoms. The van der Waals surface area contributed by atoms with Crippen LogP contribution in [0.1, 0.15) is 23.2 Å². The molecule has 1 atom stereocenters. The zero-order chi connectivity index (χ0) is 19.3. The molecular weight excluding hydrogens is 359 g/mol. The van der Waals surface area contributed by atoms with E-state index >= 15 is 0 Å². The summed E-state index contributed by atoms with van der Waals surface area (Å²) in [4.78, 5) is 19.2. The molecule has 0 radical (unpaired) electrons. The highest BCUT2D eigenvalue weighted by Crippen LogP contribution is 2.37. The predicted octanol–water partition coefficient (Wildman–Crippen LogP) is 3.41. The number of hydrogen-bond donors (Lipinski definition) is 1. The molecule has 1 amide bonds. The summed E-state index contributed by atoms with van der Waals surface area (Å²) in [7, 11) is 0. The van der Waals surface area contributed by atoms with Crippen LogP contribution in [0, 0.1) is 18.7 Å². The number of halogens is 1. The summed E-state index contributed by atoms with van der Waals surface area (Å²) < 4.78 is 19.5. The van der Waals surface area contributed by atoms with E-state index < -0.39 is 0 Å². The lowest BCUT2D eigenvalue weighted by molar-refractivity contribution is -0.120. The van der Waals surface area contributed by atoms with Gasteiger partial charge in [-0.1, -0.05) is 12.1 Å². The summed E-state index contributed by atoms with van der Waals surface area (Å²) in [5.41, 5.74) is 4.27. The van der Waals surface area contributed by atoms with Crippen molar-refractivity contribution in [3.05, 3.63) is 59.2 Å². The Bertz CT molecular complexity index is 1080. The first kappa shape index (κ1) is 16.9. The second-order valence-electron chi connectivity index (χ2n) is 7.28. The fraction of sp³-hybridized carbons (Fsp3) is 0.286. The van der Waals surface area contributed by atoms with Crippen molar-refractivity contribution in [2.75, 3.05) is 11.4 Å². The lowest BCUT2D eigenvalue weighted by Gasteiger charge is -2.20. The fourth-order valence-corrected chi connectivity index (χ4v) is 3.99. The molecule has 0 bridgehead atoms. The van der Waals surface area contributed by atoms with Gasteiger partial charge in [0.15, 0.2) is 0 Å². The number of anilines is 1. The number of ether oxygens (including phenoxy) is 1. The summed E-state index contributed by atoms with van der Waals surface area (Å²) >= 11 is 0. The molecule has 7 heteroatoms. The molecule has 1 fully saturated rings. The first-order valence-electron chi connectivity index (χ1n) is 9.33. The second-order valence-corrected chi connectivity index (χ2v) is 7.28. The van der Waals surface area contributed by atoms with Crippen LogP contribution in [0.4, 0.5) is 10.2 Å². The molecule has 0 aliphatic carbocycles. The largest absolute Gasteiger partial charge is 0.471 e. The first-order valence-corrected chi connectivity index (χ1v) is 9.33. The van der Waals surface area contributed by atoms with Crippen molar-refractivity contribution in [2.45, 2.75) is 26.4 Å². The van der Waals surface area contributed by atoms with Gasteiger partial charge in [-0.3, -0.25) is 14.8 Å². The fourth-order valence-electron chi connectivity index (χ4n) is 3.99. The highest BCUT2D eigenvalue weighted by Gasteiger charge is 2.34. The summed E-state index contributed by atoms with van der Waals surface area (Å²) in [5, 5.41) is 6.97. The molecule has 4 heterocycles. The van der Waals surface area contributed by atoms with Gasteiger partial charge in [-0.15, -0.1) is 0 Å². The predicted molar refractivity (Wildman–Crippen MR) is 101 cm³/mol. The Morgan fingerprint density at radius 2 is 2.18 bits per heavy atom. The van der Waals surface area contributed by atoms with E-state index in [0.29, 0.717) is 36.8 Å². The molecule has 6 nitrogen and oxygen atoms in total. The molecule has 3 aromatic rings. The van der Waals surface area contributed by atoms with Crippen molar-refractivity contribution < 1.29 is 13.9 Å². The van der Waals surface area contributed by atoms with Gasteiger partial charge in [-0.25, -0.2) is 4.39 Å². The second kappa shape index (κ2) is 6.44. The zero-order valence-electron chi connectivity index (χ0n) is 15.4. The number of aromatic nitrogens is 3. The number of benzene rings is 1. The van der Waals surface area contributed by atoms with Gasteiger partial charge in [0.1, 0.15) is 18.2 Å². The Balaban J connectivity index is 1.38. The summed E-state index contributed by atoms with van der Waals surface area (Å²) in [5.74, 6) is 0.736. The molecule has 2 aromatic heterocycles. The van der Waals surface area contributed by atoms with Crippen LogP contribution >= 0.6 is 0 Å². The number of carbonyl (C=O) groups is 1. The van der Waals surface area contributed by atoms with E-state index in [9.17, 15) is 9.18 Å². The van der Waals surface area contributed by atoms with Crippen LogP contribution in [-0.4, -0.2) is 27.6 Å². The maximum Gasteiger partial charge on any atom is 0.231 e. The number of amides is 1. The number of nitrogens with zero attached hydrogens (tertiary/aromatic N) is 3. The molecule has 1 saturated heterocycles. The van der Waals surface area contributed by atoms with Gasteiger partial charge in [-0.2, -0.15) is 10.1 Å². The van der Waals surface area contributed by atoms with Crippen molar-refractivity contribution in [3.8, 4) is 17.0 Å². The molecule has 1 unspecified atom stereocenters. The Kier molecular flexibility index (Phi) is 3.89. The molecule has 2 aliphatic rings. The molecule has 0 spiro atoms. The number of fused-ring (bicyclic) bond motifs is 3. The van der Waals surface area contributed by atoms with E-state index in [1.807, 2.05) is 18.2 Å². The normalized spacial score (nSPS) is 18.0. The van der Waals surface area contributed by atoms with Gasteiger partial charge in [0.05, 0.1) is 11.9 Å². The van der Waals surface area contributed by atoms with Crippen molar-refractivity contribution in [3.63, 3.8) is 0 Å². The van der Waals surface area contributed by atoms with E-state index in [-0.39, 0.29) is 17.6 Å². The smallest absolute Gasteiger partial charge is 0.231 e. The standard InChI is InChI=1S/C21H19FN4O2/c1-12-13(3-2-4-17(12)22)9-14-7-8-26(21(14)27)19-6-5-15-16-10-23-25-18(16)11-28-20(15)24-19/h2-6,10,14H,7-9,11H2,1H3,(H,23,25). The van der Waals surface area contributed by atoms with Crippen LogP contribution in [0.15, 0.2) is 36.5 Å². The quantitative estimate of drug-likeness (QED) is 0.758. The number of H-pyrrole nitrogens is 1. The van der Waals surface area contributed by atoms with Crippen LogP contribution in [0.2, 0.25) is 0 Å². The monoisotopic (exact) mass is 378 g/mol. The van der Waals surface area contributed by atoms with E-state index in [0.717, 1.165) is 28.8 Å². The minimum absolute atomic E-state index is 0.0240. The summed E-state index contributed by atoms with van der Waals surface area (Å²) in [6.07, 6.45) is 3.02. The van der Waals surface area contributed by atoms with E-state index in [1.54, 1.807) is 24.1 Å². The number of carbonyl (C=O) groups excluding carboxylic acids is 1. The van der Waals surface area contributed by atoms with E-state index in [1.165, 1.54) is 6.07 Å². The number of hydrogen-bond acceptors (Lipinski definition) is 4. The number of rotatable bonds is 3. The van der Waals surface area contributed by atoms with Gasteiger partial charge < -0.3 is 4.74 Å². The number of aromatic amines is 1. The van der Waals surface area contributed by atoms with Gasteiger partial charge in [0, 0.05) is 23.6 Å². The minimum Gasteiger partial charge on any atom is -0.471 e. The van der Waals surface area contributed by atoms with Crippen molar-refractivity contribution in [2.24, 2.45) is 5.92 Å².